The van der Waals surface area contributed by atoms with Gasteiger partial charge in [-0.25, -0.2) is 9.59 Å². The number of ether oxygens (including phenoxy) is 2. The maximum absolute atomic E-state index is 12.7. The van der Waals surface area contributed by atoms with Crippen LogP contribution in [-0.4, -0.2) is 30.1 Å². The molecule has 2 aromatic carbocycles. The Labute approximate surface area is 168 Å². The van der Waals surface area contributed by atoms with Crippen molar-refractivity contribution in [2.75, 3.05) is 13.2 Å². The minimum Gasteiger partial charge on any atom is -0.450 e. The van der Waals surface area contributed by atoms with Gasteiger partial charge < -0.3 is 9.47 Å². The molecule has 5 nitrogen and oxygen atoms in total. The third-order valence-electron chi connectivity index (χ3n) is 3.73. The number of halogens is 1. The minimum absolute atomic E-state index is 0.173. The average Bonchev–Trinajstić information content (AvgIpc) is 2.65. The summed E-state index contributed by atoms with van der Waals surface area (Å²) in [6.07, 6.45) is -1.38. The lowest BCUT2D eigenvalue weighted by Crippen LogP contribution is -2.40. The Morgan fingerprint density at radius 2 is 1.67 bits per heavy atom. The highest BCUT2D eigenvalue weighted by Crippen LogP contribution is 2.26. The lowest BCUT2D eigenvalue weighted by atomic mass is 10.1. The molecule has 0 aromatic heterocycles. The van der Waals surface area contributed by atoms with Gasteiger partial charge in [-0.15, -0.1) is 0 Å². The van der Waals surface area contributed by atoms with Crippen LogP contribution in [0.1, 0.15) is 42.9 Å². The lowest BCUT2D eigenvalue weighted by Gasteiger charge is -2.32. The molecule has 144 valence electrons. The Morgan fingerprint density at radius 3 is 2.22 bits per heavy atom. The largest absolute Gasteiger partial charge is 0.450 e. The van der Waals surface area contributed by atoms with E-state index in [1.165, 1.54) is 4.90 Å². The van der Waals surface area contributed by atoms with Gasteiger partial charge in [0.15, 0.2) is 0 Å². The zero-order valence-electron chi connectivity index (χ0n) is 15.7. The molecular weight excluding hydrogens is 410 g/mol. The summed E-state index contributed by atoms with van der Waals surface area (Å²) >= 11 is 3.35. The lowest BCUT2D eigenvalue weighted by molar-refractivity contribution is -0.0351. The second-order valence-electron chi connectivity index (χ2n) is 6.42. The molecule has 1 atom stereocenters. The SMILES string of the molecule is CCOC(=O)N(CC(C)C)C(OC(=O)c1ccc(Br)cc1)c1ccccc1. The van der Waals surface area contributed by atoms with Crippen LogP contribution in [0.25, 0.3) is 0 Å². The van der Waals surface area contributed by atoms with Crippen molar-refractivity contribution in [3.8, 4) is 0 Å². The maximum atomic E-state index is 12.7. The molecule has 0 aliphatic carbocycles. The quantitative estimate of drug-likeness (QED) is 0.432. The first-order valence-electron chi connectivity index (χ1n) is 8.87. The molecule has 1 unspecified atom stereocenters. The third-order valence-corrected chi connectivity index (χ3v) is 4.26. The summed E-state index contributed by atoms with van der Waals surface area (Å²) < 4.78 is 11.8. The normalized spacial score (nSPS) is 11.7. The molecule has 2 rings (SSSR count). The minimum atomic E-state index is -0.871. The fourth-order valence-electron chi connectivity index (χ4n) is 2.55. The van der Waals surface area contributed by atoms with Gasteiger partial charge in [0, 0.05) is 16.6 Å². The molecule has 27 heavy (non-hydrogen) atoms. The van der Waals surface area contributed by atoms with Gasteiger partial charge in [-0.2, -0.15) is 0 Å². The number of nitrogens with zero attached hydrogens (tertiary/aromatic N) is 1. The molecule has 1 amide bonds. The number of hydrogen-bond donors (Lipinski definition) is 0. The summed E-state index contributed by atoms with van der Waals surface area (Å²) in [7, 11) is 0. The molecule has 0 aliphatic heterocycles. The van der Waals surface area contributed by atoms with Crippen molar-refractivity contribution in [1.29, 1.82) is 0 Å². The van der Waals surface area contributed by atoms with E-state index >= 15 is 0 Å². The summed E-state index contributed by atoms with van der Waals surface area (Å²) in [5.41, 5.74) is 1.11. The van der Waals surface area contributed by atoms with Gasteiger partial charge >= 0.3 is 12.1 Å². The Hall–Kier alpha value is -2.34. The zero-order valence-corrected chi connectivity index (χ0v) is 17.3. The van der Waals surface area contributed by atoms with Gasteiger partial charge in [0.25, 0.3) is 0 Å². The van der Waals surface area contributed by atoms with Crippen molar-refractivity contribution in [1.82, 2.24) is 4.90 Å². The van der Waals surface area contributed by atoms with Crippen LogP contribution in [0.4, 0.5) is 4.79 Å². The van der Waals surface area contributed by atoms with Gasteiger partial charge in [-0.3, -0.25) is 4.90 Å². The van der Waals surface area contributed by atoms with Crippen LogP contribution in [-0.2, 0) is 9.47 Å². The number of rotatable bonds is 7. The van der Waals surface area contributed by atoms with Crippen molar-refractivity contribution in [2.24, 2.45) is 5.92 Å². The molecule has 6 heteroatoms. The molecule has 0 spiro atoms. The maximum Gasteiger partial charge on any atom is 0.412 e. The predicted molar refractivity (Wildman–Crippen MR) is 107 cm³/mol. The standard InChI is InChI=1S/C21H24BrNO4/c1-4-26-21(25)23(14-15(2)3)19(16-8-6-5-7-9-16)27-20(24)17-10-12-18(22)13-11-17/h5-13,15,19H,4,14H2,1-3H3. The van der Waals surface area contributed by atoms with Gasteiger partial charge in [-0.1, -0.05) is 60.1 Å². The van der Waals surface area contributed by atoms with Gasteiger partial charge in [-0.05, 0) is 37.1 Å². The van der Waals surface area contributed by atoms with Crippen molar-refractivity contribution in [3.63, 3.8) is 0 Å². The van der Waals surface area contributed by atoms with E-state index in [0.717, 1.165) is 4.47 Å². The molecule has 0 saturated carbocycles. The Balaban J connectivity index is 2.35. The molecule has 0 fully saturated rings. The van der Waals surface area contributed by atoms with E-state index in [1.54, 1.807) is 31.2 Å². The zero-order chi connectivity index (χ0) is 19.8. The van der Waals surface area contributed by atoms with Crippen LogP contribution >= 0.6 is 15.9 Å². The first kappa shape index (κ1) is 21.0. The van der Waals surface area contributed by atoms with Crippen molar-refractivity contribution in [2.45, 2.75) is 27.0 Å². The molecule has 0 aliphatic rings. The van der Waals surface area contributed by atoms with Crippen LogP contribution in [0.5, 0.6) is 0 Å². The fraction of sp³-hybridized carbons (Fsp3) is 0.333. The highest BCUT2D eigenvalue weighted by Gasteiger charge is 2.30. The summed E-state index contributed by atoms with van der Waals surface area (Å²) in [4.78, 5) is 26.7. The van der Waals surface area contributed by atoms with Crippen molar-refractivity contribution in [3.05, 3.63) is 70.2 Å². The van der Waals surface area contributed by atoms with Gasteiger partial charge in [0.2, 0.25) is 6.23 Å². The molecule has 0 radical (unpaired) electrons. The Bertz CT molecular complexity index is 747. The first-order valence-corrected chi connectivity index (χ1v) is 9.66. The van der Waals surface area contributed by atoms with Gasteiger partial charge in [0.1, 0.15) is 0 Å². The number of carbonyl (C=O) groups is 2. The second-order valence-corrected chi connectivity index (χ2v) is 7.34. The molecular formula is C21H24BrNO4. The van der Waals surface area contributed by atoms with E-state index in [4.69, 9.17) is 9.47 Å². The molecule has 0 bridgehead atoms. The van der Waals surface area contributed by atoms with E-state index in [2.05, 4.69) is 15.9 Å². The number of benzene rings is 2. The van der Waals surface area contributed by atoms with Crippen molar-refractivity contribution >= 4 is 28.0 Å². The van der Waals surface area contributed by atoms with Crippen molar-refractivity contribution < 1.29 is 19.1 Å². The molecule has 0 N–H and O–H groups in total. The van der Waals surface area contributed by atoms with Crippen LogP contribution in [0, 0.1) is 5.92 Å². The Kier molecular flexibility index (Phi) is 7.85. The van der Waals surface area contributed by atoms with Crippen LogP contribution in [0.2, 0.25) is 0 Å². The summed E-state index contributed by atoms with van der Waals surface area (Å²) in [6.45, 7) is 6.37. The van der Waals surface area contributed by atoms with E-state index in [1.807, 2.05) is 44.2 Å². The average molecular weight is 434 g/mol. The van der Waals surface area contributed by atoms with Crippen LogP contribution < -0.4 is 0 Å². The number of hydrogen-bond acceptors (Lipinski definition) is 4. The van der Waals surface area contributed by atoms with E-state index < -0.39 is 18.3 Å². The molecule has 0 heterocycles. The highest BCUT2D eigenvalue weighted by molar-refractivity contribution is 9.10. The fourth-order valence-corrected chi connectivity index (χ4v) is 2.81. The van der Waals surface area contributed by atoms with E-state index in [9.17, 15) is 9.59 Å². The smallest absolute Gasteiger partial charge is 0.412 e. The number of carbonyl (C=O) groups excluding carboxylic acids is 2. The van der Waals surface area contributed by atoms with Crippen LogP contribution in [0.3, 0.4) is 0 Å². The molecule has 2 aromatic rings. The van der Waals surface area contributed by atoms with Crippen LogP contribution in [0.15, 0.2) is 59.1 Å². The number of amides is 1. The third kappa shape index (κ3) is 6.10. The number of esters is 1. The Morgan fingerprint density at radius 1 is 1.04 bits per heavy atom. The second kappa shape index (κ2) is 10.1. The predicted octanol–water partition coefficient (Wildman–Crippen LogP) is 5.42. The first-order chi connectivity index (χ1) is 12.9. The molecule has 0 saturated heterocycles. The summed E-state index contributed by atoms with van der Waals surface area (Å²) in [6, 6.07) is 16.1. The van der Waals surface area contributed by atoms with E-state index in [-0.39, 0.29) is 12.5 Å². The summed E-state index contributed by atoms with van der Waals surface area (Å²) in [5.74, 6) is -0.332. The van der Waals surface area contributed by atoms with Gasteiger partial charge in [0.05, 0.1) is 12.2 Å². The topological polar surface area (TPSA) is 55.8 Å². The highest BCUT2D eigenvalue weighted by atomic mass is 79.9. The van der Waals surface area contributed by atoms with E-state index in [0.29, 0.717) is 17.7 Å². The summed E-state index contributed by atoms with van der Waals surface area (Å²) in [5, 5.41) is 0. The monoisotopic (exact) mass is 433 g/mol.